The van der Waals surface area contributed by atoms with E-state index in [9.17, 15) is 4.79 Å². The summed E-state index contributed by atoms with van der Waals surface area (Å²) in [6.45, 7) is 3.56. The van der Waals surface area contributed by atoms with Crippen molar-refractivity contribution in [2.45, 2.75) is 25.6 Å². The van der Waals surface area contributed by atoms with Gasteiger partial charge in [0.15, 0.2) is 10.8 Å². The number of benzene rings is 1. The number of furan rings is 1. The average Bonchev–Trinajstić information content (AvgIpc) is 3.26. The van der Waals surface area contributed by atoms with Gasteiger partial charge in [-0.15, -0.1) is 11.3 Å². The Morgan fingerprint density at radius 1 is 1.36 bits per heavy atom. The summed E-state index contributed by atoms with van der Waals surface area (Å²) in [5.41, 5.74) is 0.964. The first-order chi connectivity index (χ1) is 12.2. The van der Waals surface area contributed by atoms with Gasteiger partial charge in [0.1, 0.15) is 11.8 Å². The highest BCUT2D eigenvalue weighted by Crippen LogP contribution is 2.31. The van der Waals surface area contributed by atoms with Gasteiger partial charge in [0.05, 0.1) is 29.5 Å². The molecule has 3 aromatic rings. The van der Waals surface area contributed by atoms with E-state index in [-0.39, 0.29) is 18.1 Å². The van der Waals surface area contributed by atoms with E-state index in [1.54, 1.807) is 11.3 Å². The summed E-state index contributed by atoms with van der Waals surface area (Å²) in [5.74, 6) is 1.34. The van der Waals surface area contributed by atoms with Crippen molar-refractivity contribution < 1.29 is 13.9 Å². The topological polar surface area (TPSA) is 76.4 Å². The molecule has 130 valence electrons. The summed E-state index contributed by atoms with van der Waals surface area (Å²) < 4.78 is 12.5. The highest BCUT2D eigenvalue weighted by molar-refractivity contribution is 7.21. The molecule has 1 aliphatic rings. The van der Waals surface area contributed by atoms with E-state index in [1.807, 2.05) is 43.3 Å². The van der Waals surface area contributed by atoms with Gasteiger partial charge in [-0.2, -0.15) is 0 Å². The SMILES string of the molecule is C[C@H]1OCCN[C@@H]1C(=O)NCc1ccc(-c2nc3ccccc3s2)o1. The smallest absolute Gasteiger partial charge is 0.240 e. The second-order valence-corrected chi connectivity index (χ2v) is 7.01. The van der Waals surface area contributed by atoms with Gasteiger partial charge in [0, 0.05) is 6.54 Å². The number of hydrogen-bond donors (Lipinski definition) is 2. The molecule has 4 rings (SSSR count). The number of para-hydroxylation sites is 1. The second kappa shape index (κ2) is 6.95. The standard InChI is InChI=1S/C18H19N3O3S/c1-11-16(19-8-9-23-11)17(22)20-10-12-6-7-14(24-12)18-21-13-4-2-3-5-15(13)25-18/h2-7,11,16,19H,8-10H2,1H3,(H,20,22)/t11-,16+/m1/s1. The molecule has 1 amide bonds. The fourth-order valence-corrected chi connectivity index (χ4v) is 3.80. The minimum Gasteiger partial charge on any atom is -0.457 e. The molecule has 1 aliphatic heterocycles. The zero-order valence-electron chi connectivity index (χ0n) is 13.8. The maximum Gasteiger partial charge on any atom is 0.240 e. The van der Waals surface area contributed by atoms with Crippen LogP contribution in [0.2, 0.25) is 0 Å². The largest absolute Gasteiger partial charge is 0.457 e. The third-order valence-corrected chi connectivity index (χ3v) is 5.25. The van der Waals surface area contributed by atoms with Crippen molar-refractivity contribution in [1.29, 1.82) is 0 Å². The molecule has 6 nitrogen and oxygen atoms in total. The lowest BCUT2D eigenvalue weighted by molar-refractivity contribution is -0.129. The minimum absolute atomic E-state index is 0.0786. The normalized spacial score (nSPS) is 20.7. The number of ether oxygens (including phenoxy) is 1. The molecular weight excluding hydrogens is 338 g/mol. The third-order valence-electron chi connectivity index (χ3n) is 4.20. The van der Waals surface area contributed by atoms with Gasteiger partial charge in [0.2, 0.25) is 5.91 Å². The van der Waals surface area contributed by atoms with Crippen molar-refractivity contribution in [1.82, 2.24) is 15.6 Å². The van der Waals surface area contributed by atoms with Crippen LogP contribution in [0.4, 0.5) is 0 Å². The van der Waals surface area contributed by atoms with E-state index in [2.05, 4.69) is 15.6 Å². The number of fused-ring (bicyclic) bond motifs is 1. The Morgan fingerprint density at radius 3 is 3.08 bits per heavy atom. The van der Waals surface area contributed by atoms with Gasteiger partial charge in [-0.25, -0.2) is 4.98 Å². The molecular formula is C18H19N3O3S. The number of amides is 1. The minimum atomic E-state index is -0.326. The highest BCUT2D eigenvalue weighted by atomic mass is 32.1. The molecule has 25 heavy (non-hydrogen) atoms. The van der Waals surface area contributed by atoms with Crippen molar-refractivity contribution in [3.63, 3.8) is 0 Å². The first-order valence-electron chi connectivity index (χ1n) is 8.28. The third kappa shape index (κ3) is 3.44. The first-order valence-corrected chi connectivity index (χ1v) is 9.10. The van der Waals surface area contributed by atoms with E-state index in [0.717, 1.165) is 21.0 Å². The molecule has 0 unspecified atom stereocenters. The van der Waals surface area contributed by atoms with Crippen molar-refractivity contribution in [2.24, 2.45) is 0 Å². The Morgan fingerprint density at radius 2 is 2.24 bits per heavy atom. The van der Waals surface area contributed by atoms with Crippen LogP contribution in [0.5, 0.6) is 0 Å². The van der Waals surface area contributed by atoms with Crippen molar-refractivity contribution in [3.8, 4) is 10.8 Å². The fourth-order valence-electron chi connectivity index (χ4n) is 2.88. The molecule has 1 fully saturated rings. The van der Waals surface area contributed by atoms with Gasteiger partial charge in [-0.3, -0.25) is 4.79 Å². The monoisotopic (exact) mass is 357 g/mol. The quantitative estimate of drug-likeness (QED) is 0.750. The molecule has 0 bridgehead atoms. The number of rotatable bonds is 4. The molecule has 0 aliphatic carbocycles. The molecule has 1 saturated heterocycles. The maximum absolute atomic E-state index is 12.3. The number of hydrogen-bond acceptors (Lipinski definition) is 6. The van der Waals surface area contributed by atoms with E-state index < -0.39 is 0 Å². The molecule has 2 aromatic heterocycles. The number of aromatic nitrogens is 1. The predicted molar refractivity (Wildman–Crippen MR) is 96.4 cm³/mol. The van der Waals surface area contributed by atoms with Crippen LogP contribution in [0, 0.1) is 0 Å². The number of nitrogens with zero attached hydrogens (tertiary/aromatic N) is 1. The van der Waals surface area contributed by atoms with E-state index >= 15 is 0 Å². The van der Waals surface area contributed by atoms with Crippen LogP contribution in [-0.4, -0.2) is 36.2 Å². The number of thiazole rings is 1. The van der Waals surface area contributed by atoms with Crippen molar-refractivity contribution in [3.05, 3.63) is 42.2 Å². The Labute approximate surface area is 149 Å². The molecule has 3 heterocycles. The Hall–Kier alpha value is -2.22. The van der Waals surface area contributed by atoms with E-state index in [0.29, 0.717) is 25.5 Å². The van der Waals surface area contributed by atoms with Gasteiger partial charge in [0.25, 0.3) is 0 Å². The summed E-state index contributed by atoms with van der Waals surface area (Å²) in [7, 11) is 0. The average molecular weight is 357 g/mol. The second-order valence-electron chi connectivity index (χ2n) is 5.98. The molecule has 0 spiro atoms. The molecule has 2 N–H and O–H groups in total. The first kappa shape index (κ1) is 16.3. The van der Waals surface area contributed by atoms with Crippen LogP contribution in [-0.2, 0) is 16.1 Å². The van der Waals surface area contributed by atoms with Gasteiger partial charge >= 0.3 is 0 Å². The van der Waals surface area contributed by atoms with E-state index in [1.165, 1.54) is 0 Å². The number of carbonyl (C=O) groups excluding carboxylic acids is 1. The lowest BCUT2D eigenvalue weighted by atomic mass is 10.1. The summed E-state index contributed by atoms with van der Waals surface area (Å²) in [6.07, 6.45) is -0.135. The zero-order chi connectivity index (χ0) is 17.2. The van der Waals surface area contributed by atoms with Crippen molar-refractivity contribution in [2.75, 3.05) is 13.2 Å². The Balaban J connectivity index is 1.42. The number of nitrogens with one attached hydrogen (secondary N) is 2. The highest BCUT2D eigenvalue weighted by Gasteiger charge is 2.28. The van der Waals surface area contributed by atoms with Crippen LogP contribution in [0.1, 0.15) is 12.7 Å². The van der Waals surface area contributed by atoms with Crippen LogP contribution >= 0.6 is 11.3 Å². The van der Waals surface area contributed by atoms with Gasteiger partial charge in [-0.05, 0) is 31.2 Å². The Bertz CT molecular complexity index is 855. The lowest BCUT2D eigenvalue weighted by Crippen LogP contribution is -2.55. The van der Waals surface area contributed by atoms with Gasteiger partial charge < -0.3 is 19.8 Å². The summed E-state index contributed by atoms with van der Waals surface area (Å²) in [5, 5.41) is 6.92. The maximum atomic E-state index is 12.3. The van der Waals surface area contributed by atoms with E-state index in [4.69, 9.17) is 9.15 Å². The fraction of sp³-hybridized carbons (Fsp3) is 0.333. The predicted octanol–water partition coefficient (Wildman–Crippen LogP) is 2.55. The molecule has 1 aromatic carbocycles. The summed E-state index contributed by atoms with van der Waals surface area (Å²) in [4.78, 5) is 16.9. The van der Waals surface area contributed by atoms with Crippen LogP contribution < -0.4 is 10.6 Å². The van der Waals surface area contributed by atoms with Crippen LogP contribution in [0.15, 0.2) is 40.8 Å². The number of carbonyl (C=O) groups is 1. The van der Waals surface area contributed by atoms with Crippen LogP contribution in [0.25, 0.3) is 21.0 Å². The number of morpholine rings is 1. The summed E-state index contributed by atoms with van der Waals surface area (Å²) >= 11 is 1.59. The zero-order valence-corrected chi connectivity index (χ0v) is 14.6. The Kier molecular flexibility index (Phi) is 4.52. The molecule has 0 radical (unpaired) electrons. The van der Waals surface area contributed by atoms with Crippen molar-refractivity contribution >= 4 is 27.5 Å². The van der Waals surface area contributed by atoms with Gasteiger partial charge in [-0.1, -0.05) is 12.1 Å². The molecule has 7 heteroatoms. The summed E-state index contributed by atoms with van der Waals surface area (Å²) in [6, 6.07) is 11.4. The molecule has 2 atom stereocenters. The lowest BCUT2D eigenvalue weighted by Gasteiger charge is -2.29. The molecule has 0 saturated carbocycles. The van der Waals surface area contributed by atoms with Crippen LogP contribution in [0.3, 0.4) is 0 Å².